The molecular weight excluding hydrogens is 517 g/mol. The van der Waals surface area contributed by atoms with E-state index in [1.54, 1.807) is 23.1 Å². The largest absolute Gasteiger partial charge is 0.418 e. The number of rotatable bonds is 4. The van der Waals surface area contributed by atoms with Crippen LogP contribution < -0.4 is 14.7 Å². The van der Waals surface area contributed by atoms with Crippen molar-refractivity contribution in [2.45, 2.75) is 63.7 Å². The summed E-state index contributed by atoms with van der Waals surface area (Å²) in [5, 5.41) is 3.41. The molecule has 1 N–H and O–H groups in total. The van der Waals surface area contributed by atoms with Gasteiger partial charge in [0.15, 0.2) is 0 Å². The first-order chi connectivity index (χ1) is 19.2. The van der Waals surface area contributed by atoms with Crippen LogP contribution in [-0.4, -0.2) is 68.1 Å². The minimum absolute atomic E-state index is 0.0320. The molecule has 1 spiro atoms. The van der Waals surface area contributed by atoms with Crippen LogP contribution in [0.5, 0.6) is 0 Å². The maximum atomic E-state index is 14.6. The summed E-state index contributed by atoms with van der Waals surface area (Å²) in [5.41, 5.74) is -0.148. The van der Waals surface area contributed by atoms with E-state index >= 15 is 0 Å². The van der Waals surface area contributed by atoms with E-state index in [1.165, 1.54) is 11.0 Å². The number of benzene rings is 2. The zero-order chi connectivity index (χ0) is 28.1. The highest BCUT2D eigenvalue weighted by Crippen LogP contribution is 2.48. The number of piperidine rings is 1. The van der Waals surface area contributed by atoms with E-state index in [9.17, 15) is 22.8 Å². The number of hydrogen-bond donors (Lipinski definition) is 1. The summed E-state index contributed by atoms with van der Waals surface area (Å²) in [4.78, 5) is 29.9. The maximum absolute atomic E-state index is 14.6. The van der Waals surface area contributed by atoms with E-state index in [4.69, 9.17) is 0 Å². The van der Waals surface area contributed by atoms with Gasteiger partial charge in [0.2, 0.25) is 5.91 Å². The van der Waals surface area contributed by atoms with Crippen LogP contribution in [-0.2, 0) is 11.0 Å². The first kappa shape index (κ1) is 27.3. The minimum Gasteiger partial charge on any atom is -0.339 e. The van der Waals surface area contributed by atoms with Crippen molar-refractivity contribution in [1.29, 1.82) is 0 Å². The third kappa shape index (κ3) is 4.42. The van der Waals surface area contributed by atoms with Crippen molar-refractivity contribution in [3.05, 3.63) is 59.7 Å². The Balaban J connectivity index is 1.26. The van der Waals surface area contributed by atoms with Crippen LogP contribution in [0.25, 0.3) is 0 Å². The molecule has 2 aromatic carbocycles. The van der Waals surface area contributed by atoms with Gasteiger partial charge < -0.3 is 15.1 Å². The van der Waals surface area contributed by atoms with Crippen molar-refractivity contribution in [1.82, 2.24) is 14.7 Å². The number of carbonyl (C=O) groups is 2. The summed E-state index contributed by atoms with van der Waals surface area (Å²) >= 11 is 0. The number of amides is 2. The second-order valence-corrected chi connectivity index (χ2v) is 12.1. The topological polar surface area (TPSA) is 52.7 Å². The molecular formula is C31H38F3N4O2+. The summed E-state index contributed by atoms with van der Waals surface area (Å²) in [7, 11) is 0. The lowest BCUT2D eigenvalue weighted by atomic mass is 9.77. The van der Waals surface area contributed by atoms with Crippen LogP contribution in [0.1, 0.15) is 61.4 Å². The number of alkyl halides is 3. The number of likely N-dealkylation sites (tertiary alicyclic amines) is 2. The third-order valence-corrected chi connectivity index (χ3v) is 10.2. The average Bonchev–Trinajstić information content (AvgIpc) is 3.70. The Kier molecular flexibility index (Phi) is 6.94. The number of carbonyl (C=O) groups excluding carboxylic acids is 2. The maximum Gasteiger partial charge on any atom is 0.418 e. The van der Waals surface area contributed by atoms with E-state index in [0.29, 0.717) is 48.1 Å². The fourth-order valence-electron chi connectivity index (χ4n) is 7.93. The molecule has 9 heteroatoms. The molecule has 6 rings (SSSR count). The summed E-state index contributed by atoms with van der Waals surface area (Å²) in [6, 6.07) is 14.3. The molecule has 4 heterocycles. The molecule has 2 aromatic rings. The summed E-state index contributed by atoms with van der Waals surface area (Å²) in [6.45, 7) is 5.81. The van der Waals surface area contributed by atoms with Gasteiger partial charge in [0.25, 0.3) is 5.91 Å². The van der Waals surface area contributed by atoms with Crippen LogP contribution >= 0.6 is 0 Å². The summed E-state index contributed by atoms with van der Waals surface area (Å²) in [6.07, 6.45) is -0.200. The number of hydrogen-bond acceptors (Lipinski definition) is 3. The lowest BCUT2D eigenvalue weighted by molar-refractivity contribution is -0.137. The van der Waals surface area contributed by atoms with Gasteiger partial charge in [-0.3, -0.25) is 14.1 Å². The molecule has 0 aliphatic carbocycles. The van der Waals surface area contributed by atoms with Crippen LogP contribution in [0.2, 0.25) is 0 Å². The molecule has 0 bridgehead atoms. The monoisotopic (exact) mass is 555 g/mol. The minimum atomic E-state index is -4.58. The fraction of sp³-hybridized carbons (Fsp3) is 0.548. The molecule has 0 aromatic heterocycles. The SMILES string of the molecule is C[C@H]1CCC[N+]1(c1ccc(N2CCC3(CCN(C(=O)c4ccccc4)CC3)C2=O)c(C(F)(F)F)c1)[C@H]1CCNC1. The van der Waals surface area contributed by atoms with Crippen molar-refractivity contribution in [2.24, 2.45) is 5.41 Å². The molecule has 1 unspecified atom stereocenters. The number of anilines is 1. The summed E-state index contributed by atoms with van der Waals surface area (Å²) < 4.78 is 44.5. The van der Waals surface area contributed by atoms with Gasteiger partial charge in [-0.05, 0) is 44.4 Å². The van der Waals surface area contributed by atoms with Crippen LogP contribution in [0, 0.1) is 5.41 Å². The summed E-state index contributed by atoms with van der Waals surface area (Å²) in [5.74, 6) is -0.311. The Morgan fingerprint density at radius 3 is 2.38 bits per heavy atom. The first-order valence-electron chi connectivity index (χ1n) is 14.6. The molecule has 2 amide bonds. The highest BCUT2D eigenvalue weighted by molar-refractivity contribution is 6.01. The van der Waals surface area contributed by atoms with E-state index in [2.05, 4.69) is 12.2 Å². The lowest BCUT2D eigenvalue weighted by Gasteiger charge is -2.43. The molecule has 4 fully saturated rings. The Bertz CT molecular complexity index is 1270. The van der Waals surface area contributed by atoms with Crippen LogP contribution in [0.3, 0.4) is 0 Å². The Morgan fingerprint density at radius 1 is 1.02 bits per heavy atom. The second-order valence-electron chi connectivity index (χ2n) is 12.1. The second kappa shape index (κ2) is 10.2. The van der Waals surface area contributed by atoms with E-state index in [1.807, 2.05) is 24.3 Å². The molecule has 214 valence electrons. The third-order valence-electron chi connectivity index (χ3n) is 10.2. The van der Waals surface area contributed by atoms with Gasteiger partial charge in [0, 0.05) is 69.7 Å². The van der Waals surface area contributed by atoms with E-state index in [-0.39, 0.29) is 36.1 Å². The van der Waals surface area contributed by atoms with Crippen molar-refractivity contribution in [2.75, 3.05) is 44.2 Å². The van der Waals surface area contributed by atoms with Crippen LogP contribution in [0.15, 0.2) is 48.5 Å². The van der Waals surface area contributed by atoms with Crippen molar-refractivity contribution in [3.8, 4) is 0 Å². The zero-order valence-electron chi connectivity index (χ0n) is 23.1. The molecule has 0 saturated carbocycles. The van der Waals surface area contributed by atoms with Crippen molar-refractivity contribution in [3.63, 3.8) is 0 Å². The number of halogens is 3. The van der Waals surface area contributed by atoms with Gasteiger partial charge in [-0.2, -0.15) is 13.2 Å². The number of nitrogens with zero attached hydrogens (tertiary/aromatic N) is 3. The van der Waals surface area contributed by atoms with Gasteiger partial charge in [0.1, 0.15) is 11.7 Å². The smallest absolute Gasteiger partial charge is 0.339 e. The van der Waals surface area contributed by atoms with E-state index in [0.717, 1.165) is 38.9 Å². The Labute approximate surface area is 233 Å². The number of quaternary nitrogens is 1. The molecule has 6 nitrogen and oxygen atoms in total. The predicted octanol–water partition coefficient (Wildman–Crippen LogP) is 5.22. The predicted molar refractivity (Wildman–Crippen MR) is 149 cm³/mol. The molecule has 4 aliphatic heterocycles. The normalized spacial score (nSPS) is 28.6. The van der Waals surface area contributed by atoms with Gasteiger partial charge in [-0.15, -0.1) is 0 Å². The molecule has 0 radical (unpaired) electrons. The molecule has 3 atom stereocenters. The van der Waals surface area contributed by atoms with Crippen LogP contribution in [0.4, 0.5) is 24.5 Å². The van der Waals surface area contributed by atoms with Gasteiger partial charge in [-0.25, -0.2) is 0 Å². The van der Waals surface area contributed by atoms with E-state index < -0.39 is 17.2 Å². The van der Waals surface area contributed by atoms with Gasteiger partial charge in [0.05, 0.1) is 29.3 Å². The quantitative estimate of drug-likeness (QED) is 0.527. The fourth-order valence-corrected chi connectivity index (χ4v) is 7.93. The first-order valence-corrected chi connectivity index (χ1v) is 14.6. The molecule has 40 heavy (non-hydrogen) atoms. The Hall–Kier alpha value is -2.91. The Morgan fingerprint density at radius 2 is 1.75 bits per heavy atom. The zero-order valence-corrected chi connectivity index (χ0v) is 23.1. The molecule has 4 saturated heterocycles. The highest BCUT2D eigenvalue weighted by Gasteiger charge is 2.52. The van der Waals surface area contributed by atoms with Gasteiger partial charge >= 0.3 is 6.18 Å². The average molecular weight is 556 g/mol. The molecule has 4 aliphatic rings. The van der Waals surface area contributed by atoms with Crippen molar-refractivity contribution >= 4 is 23.2 Å². The standard InChI is InChI=1S/C31H38F3N4O2/c1-22-6-5-19-38(22,25-11-15-35-21-25)24-9-10-27(26(20-24)31(32,33)34)37-18-14-30(29(37)40)12-16-36(17-13-30)28(39)23-7-3-2-4-8-23/h2-4,7-10,20,22,25,35H,5-6,11-19,21H2,1H3/q+1/t22-,25-,38?/m0/s1. The van der Waals surface area contributed by atoms with Crippen molar-refractivity contribution < 1.29 is 22.8 Å². The lowest BCUT2D eigenvalue weighted by Crippen LogP contribution is -2.59. The highest BCUT2D eigenvalue weighted by atomic mass is 19.4. The van der Waals surface area contributed by atoms with Gasteiger partial charge in [-0.1, -0.05) is 18.2 Å². The number of nitrogens with one attached hydrogen (secondary N) is 1.